The van der Waals surface area contributed by atoms with E-state index in [1.807, 2.05) is 4.57 Å². The van der Waals surface area contributed by atoms with Gasteiger partial charge in [-0.05, 0) is 35.7 Å². The summed E-state index contributed by atoms with van der Waals surface area (Å²) < 4.78 is 19.6. The summed E-state index contributed by atoms with van der Waals surface area (Å²) in [6.45, 7) is 1.20. The Morgan fingerprint density at radius 2 is 2.19 bits per heavy atom. The Bertz CT molecular complexity index is 625. The maximum Gasteiger partial charge on any atom is 0.195 e. The highest BCUT2D eigenvalue weighted by Crippen LogP contribution is 2.16. The first-order valence-electron chi connectivity index (χ1n) is 6.20. The van der Waals surface area contributed by atoms with Crippen molar-refractivity contribution < 1.29 is 13.9 Å². The number of ketones is 1. The Kier molecular flexibility index (Phi) is 5.65. The van der Waals surface area contributed by atoms with Gasteiger partial charge in [0.15, 0.2) is 10.9 Å². The summed E-state index contributed by atoms with van der Waals surface area (Å²) in [5.74, 6) is -0.554. The minimum atomic E-state index is -0.365. The third-order valence-electron chi connectivity index (χ3n) is 2.64. The number of carbonyl (C=O) groups excluding carboxylic acids is 1. The van der Waals surface area contributed by atoms with Crippen LogP contribution in [0.25, 0.3) is 0 Å². The first-order valence-corrected chi connectivity index (χ1v) is 7.08. The molecular weight excluding hydrogens is 293 g/mol. The molecule has 2 rings (SSSR count). The van der Waals surface area contributed by atoms with E-state index in [2.05, 4.69) is 10.2 Å². The second kappa shape index (κ2) is 7.70. The molecule has 0 spiro atoms. The first-order chi connectivity index (χ1) is 10.2. The molecule has 0 saturated heterocycles. The summed E-state index contributed by atoms with van der Waals surface area (Å²) in [7, 11) is 1.62. The van der Waals surface area contributed by atoms with Gasteiger partial charge in [0.1, 0.15) is 12.1 Å². The second-order valence-corrected chi connectivity index (χ2v) is 4.96. The number of carbonyl (C=O) groups is 1. The van der Waals surface area contributed by atoms with Crippen LogP contribution in [0.4, 0.5) is 4.39 Å². The predicted octanol–water partition coefficient (Wildman–Crippen LogP) is 2.55. The molecule has 0 radical (unpaired) electrons. The van der Waals surface area contributed by atoms with Crippen LogP contribution < -0.4 is 0 Å². The normalized spacial score (nSPS) is 11.1. The Hall–Kier alpha value is -1.99. The first kappa shape index (κ1) is 15.4. The zero-order chi connectivity index (χ0) is 15.1. The summed E-state index contributed by atoms with van der Waals surface area (Å²) in [5.41, 5.74) is 0.439. The number of halogens is 1. The van der Waals surface area contributed by atoms with Gasteiger partial charge in [-0.15, -0.1) is 10.2 Å². The van der Waals surface area contributed by atoms with Crippen LogP contribution in [0, 0.1) is 5.82 Å². The number of allylic oxidation sites excluding steroid dienone is 1. The van der Waals surface area contributed by atoms with Gasteiger partial charge in [0.25, 0.3) is 0 Å². The van der Waals surface area contributed by atoms with Gasteiger partial charge < -0.3 is 9.30 Å². The van der Waals surface area contributed by atoms with Crippen LogP contribution in [0.2, 0.25) is 0 Å². The van der Waals surface area contributed by atoms with Crippen LogP contribution in [-0.2, 0) is 11.3 Å². The van der Waals surface area contributed by atoms with E-state index in [1.165, 1.54) is 42.1 Å². The molecule has 0 amide bonds. The number of ether oxygens (including phenoxy) is 1. The fraction of sp³-hybridized carbons (Fsp3) is 0.214. The van der Waals surface area contributed by atoms with Crippen molar-refractivity contribution in [2.24, 2.45) is 0 Å². The van der Waals surface area contributed by atoms with Gasteiger partial charge >= 0.3 is 0 Å². The SMILES string of the molecule is COCCn1cnnc1S/C=C/C(=O)c1ccc(F)cc1. The molecule has 7 heteroatoms. The van der Waals surface area contributed by atoms with E-state index in [0.29, 0.717) is 23.9 Å². The van der Waals surface area contributed by atoms with E-state index in [0.717, 1.165) is 0 Å². The minimum absolute atomic E-state index is 0.189. The average molecular weight is 307 g/mol. The van der Waals surface area contributed by atoms with Gasteiger partial charge in [0.2, 0.25) is 0 Å². The topological polar surface area (TPSA) is 57.0 Å². The molecule has 0 bridgehead atoms. The number of nitrogens with zero attached hydrogens (tertiary/aromatic N) is 3. The molecule has 0 aliphatic carbocycles. The third-order valence-corrected chi connectivity index (χ3v) is 3.44. The van der Waals surface area contributed by atoms with E-state index < -0.39 is 0 Å². The predicted molar refractivity (Wildman–Crippen MR) is 77.6 cm³/mol. The van der Waals surface area contributed by atoms with E-state index in [9.17, 15) is 9.18 Å². The average Bonchev–Trinajstić information content (AvgIpc) is 2.93. The van der Waals surface area contributed by atoms with E-state index >= 15 is 0 Å². The molecule has 0 unspecified atom stereocenters. The molecule has 0 aliphatic rings. The molecule has 0 saturated carbocycles. The van der Waals surface area contributed by atoms with Crippen LogP contribution in [0.1, 0.15) is 10.4 Å². The van der Waals surface area contributed by atoms with Crippen molar-refractivity contribution in [2.75, 3.05) is 13.7 Å². The highest BCUT2D eigenvalue weighted by Gasteiger charge is 2.04. The molecule has 1 aromatic heterocycles. The Balaban J connectivity index is 1.94. The van der Waals surface area contributed by atoms with Gasteiger partial charge in [0, 0.05) is 19.2 Å². The lowest BCUT2D eigenvalue weighted by Crippen LogP contribution is -2.03. The standard InChI is InChI=1S/C14H14FN3O2S/c1-20-8-7-18-10-16-17-14(18)21-9-6-13(19)11-2-4-12(15)5-3-11/h2-6,9-10H,7-8H2,1H3/b9-6+. The lowest BCUT2D eigenvalue weighted by atomic mass is 10.1. The summed E-state index contributed by atoms with van der Waals surface area (Å²) in [5, 5.41) is 10.1. The van der Waals surface area contributed by atoms with Crippen molar-refractivity contribution in [3.05, 3.63) is 53.5 Å². The fourth-order valence-corrected chi connectivity index (χ4v) is 2.23. The smallest absolute Gasteiger partial charge is 0.195 e. The van der Waals surface area contributed by atoms with Crippen molar-refractivity contribution in [3.63, 3.8) is 0 Å². The number of rotatable bonds is 7. The number of hydrogen-bond acceptors (Lipinski definition) is 5. The third kappa shape index (κ3) is 4.51. The monoisotopic (exact) mass is 307 g/mol. The van der Waals surface area contributed by atoms with Crippen LogP contribution >= 0.6 is 11.8 Å². The summed E-state index contributed by atoms with van der Waals surface area (Å²) >= 11 is 1.29. The molecule has 0 atom stereocenters. The van der Waals surface area contributed by atoms with Crippen molar-refractivity contribution in [3.8, 4) is 0 Å². The number of hydrogen-bond donors (Lipinski definition) is 0. The molecule has 110 valence electrons. The largest absolute Gasteiger partial charge is 0.383 e. The molecule has 0 N–H and O–H groups in total. The highest BCUT2D eigenvalue weighted by molar-refractivity contribution is 8.02. The molecule has 1 heterocycles. The van der Waals surface area contributed by atoms with Gasteiger partial charge in [-0.2, -0.15) is 0 Å². The molecular formula is C14H14FN3O2S. The van der Waals surface area contributed by atoms with Crippen LogP contribution in [0.3, 0.4) is 0 Å². The lowest BCUT2D eigenvalue weighted by molar-refractivity contribution is 0.104. The van der Waals surface area contributed by atoms with E-state index in [-0.39, 0.29) is 11.6 Å². The highest BCUT2D eigenvalue weighted by atomic mass is 32.2. The quantitative estimate of drug-likeness (QED) is 0.447. The summed E-state index contributed by atoms with van der Waals surface area (Å²) in [6, 6.07) is 5.42. The van der Waals surface area contributed by atoms with Crippen molar-refractivity contribution in [2.45, 2.75) is 11.7 Å². The maximum atomic E-state index is 12.8. The Morgan fingerprint density at radius 1 is 1.43 bits per heavy atom. The number of methoxy groups -OCH3 is 1. The second-order valence-electron chi connectivity index (χ2n) is 4.09. The number of aromatic nitrogens is 3. The summed E-state index contributed by atoms with van der Waals surface area (Å²) in [4.78, 5) is 11.9. The Labute approximate surface area is 125 Å². The minimum Gasteiger partial charge on any atom is -0.383 e. The zero-order valence-corrected chi connectivity index (χ0v) is 12.2. The molecule has 5 nitrogen and oxygen atoms in total. The molecule has 0 aliphatic heterocycles. The fourth-order valence-electron chi connectivity index (χ4n) is 1.55. The summed E-state index contributed by atoms with van der Waals surface area (Å²) in [6.07, 6.45) is 3.03. The number of benzene rings is 1. The van der Waals surface area contributed by atoms with Crippen molar-refractivity contribution in [1.82, 2.24) is 14.8 Å². The Morgan fingerprint density at radius 3 is 2.90 bits per heavy atom. The van der Waals surface area contributed by atoms with E-state index in [4.69, 9.17) is 4.74 Å². The van der Waals surface area contributed by atoms with Gasteiger partial charge in [-0.3, -0.25) is 4.79 Å². The van der Waals surface area contributed by atoms with Gasteiger partial charge in [-0.1, -0.05) is 11.8 Å². The zero-order valence-electron chi connectivity index (χ0n) is 11.4. The molecule has 21 heavy (non-hydrogen) atoms. The maximum absolute atomic E-state index is 12.8. The van der Waals surface area contributed by atoms with Gasteiger partial charge in [-0.25, -0.2) is 4.39 Å². The lowest BCUT2D eigenvalue weighted by Gasteiger charge is -2.02. The van der Waals surface area contributed by atoms with Crippen LogP contribution in [-0.4, -0.2) is 34.3 Å². The number of thioether (sulfide) groups is 1. The molecule has 2 aromatic rings. The molecule has 1 aromatic carbocycles. The van der Waals surface area contributed by atoms with Crippen molar-refractivity contribution >= 4 is 17.5 Å². The van der Waals surface area contributed by atoms with Crippen LogP contribution in [0.5, 0.6) is 0 Å². The van der Waals surface area contributed by atoms with E-state index in [1.54, 1.807) is 18.8 Å². The van der Waals surface area contributed by atoms with Crippen molar-refractivity contribution in [1.29, 1.82) is 0 Å². The van der Waals surface area contributed by atoms with Gasteiger partial charge in [0.05, 0.1) is 6.61 Å². The molecule has 0 fully saturated rings. The van der Waals surface area contributed by atoms with Crippen LogP contribution in [0.15, 0.2) is 47.2 Å².